The topological polar surface area (TPSA) is 100 Å². The number of benzene rings is 1. The van der Waals surface area contributed by atoms with Gasteiger partial charge in [0.05, 0.1) is 37.3 Å². The second-order valence-electron chi connectivity index (χ2n) is 11.4. The van der Waals surface area contributed by atoms with E-state index in [1.54, 1.807) is 25.7 Å². The van der Waals surface area contributed by atoms with Gasteiger partial charge in [0.15, 0.2) is 5.82 Å². The Morgan fingerprint density at radius 2 is 1.87 bits per heavy atom. The maximum atomic E-state index is 14.8. The Balaban J connectivity index is 1.38. The highest BCUT2D eigenvalue weighted by Crippen LogP contribution is 2.39. The molecule has 1 N–H and O–H groups in total. The van der Waals surface area contributed by atoms with Crippen LogP contribution in [0.15, 0.2) is 18.2 Å². The Morgan fingerprint density at radius 3 is 2.51 bits per heavy atom. The number of morpholine rings is 1. The van der Waals surface area contributed by atoms with Crippen molar-refractivity contribution in [3.8, 4) is 0 Å². The van der Waals surface area contributed by atoms with Gasteiger partial charge in [-0.15, -0.1) is 0 Å². The van der Waals surface area contributed by atoms with E-state index in [2.05, 4.69) is 9.88 Å². The molecule has 2 fully saturated rings. The van der Waals surface area contributed by atoms with E-state index in [1.165, 1.54) is 4.90 Å². The van der Waals surface area contributed by atoms with Crippen LogP contribution in [0.25, 0.3) is 0 Å². The summed E-state index contributed by atoms with van der Waals surface area (Å²) in [5.74, 6) is -0.979. The van der Waals surface area contributed by atoms with Crippen molar-refractivity contribution in [2.24, 2.45) is 7.05 Å². The lowest BCUT2D eigenvalue weighted by atomic mass is 9.88. The lowest BCUT2D eigenvalue weighted by Gasteiger charge is -2.48. The third kappa shape index (κ3) is 5.24. The lowest BCUT2D eigenvalue weighted by Crippen LogP contribution is -2.58. The first kappa shape index (κ1) is 27.5. The van der Waals surface area contributed by atoms with E-state index in [0.29, 0.717) is 51.6 Å². The highest BCUT2D eigenvalue weighted by molar-refractivity contribution is 5.91. The average molecular weight is 548 g/mol. The third-order valence-electron chi connectivity index (χ3n) is 7.86. The molecule has 0 spiro atoms. The third-order valence-corrected chi connectivity index (χ3v) is 7.86. The number of nitrogens with zero attached hydrogens (tertiary/aromatic N) is 5. The molecule has 3 aliphatic heterocycles. The van der Waals surface area contributed by atoms with Crippen LogP contribution in [0.1, 0.15) is 60.9 Å². The molecular weight excluding hydrogens is 512 g/mol. The van der Waals surface area contributed by atoms with Crippen LogP contribution < -0.4 is 0 Å². The molecule has 212 valence electrons. The molecule has 2 aromatic rings. The minimum atomic E-state index is -1.16. The number of amides is 2. The van der Waals surface area contributed by atoms with Crippen molar-refractivity contribution in [2.75, 3.05) is 32.9 Å². The molecule has 0 radical (unpaired) electrons. The van der Waals surface area contributed by atoms with Crippen molar-refractivity contribution >= 4 is 12.0 Å². The summed E-state index contributed by atoms with van der Waals surface area (Å²) in [6.45, 7) is 8.59. The Morgan fingerprint density at radius 1 is 1.15 bits per heavy atom. The van der Waals surface area contributed by atoms with Crippen LogP contribution in [0.3, 0.4) is 0 Å². The summed E-state index contributed by atoms with van der Waals surface area (Å²) in [5, 5.41) is 10.2. The van der Waals surface area contributed by atoms with Crippen molar-refractivity contribution in [1.29, 1.82) is 0 Å². The molecule has 0 unspecified atom stereocenters. The molecule has 3 atom stereocenters. The predicted molar refractivity (Wildman–Crippen MR) is 136 cm³/mol. The van der Waals surface area contributed by atoms with Gasteiger partial charge < -0.3 is 24.0 Å². The lowest BCUT2D eigenvalue weighted by molar-refractivity contribution is -0.103. The number of carbonyl (C=O) groups is 2. The van der Waals surface area contributed by atoms with E-state index in [0.717, 1.165) is 29.6 Å². The van der Waals surface area contributed by atoms with Gasteiger partial charge in [-0.05, 0) is 45.4 Å². The maximum absolute atomic E-state index is 14.8. The summed E-state index contributed by atoms with van der Waals surface area (Å²) in [7, 11) is 1.83. The SMILES string of the molecule is Cn1c(C(=O)N2CCOCC2)nc2c1CN([C@H]1CO[C@H](c3cc(F)ccc3F)[C@@H](N(C(=O)O)C(C)(C)C)C1)C2. The van der Waals surface area contributed by atoms with Crippen LogP contribution >= 0.6 is 0 Å². The highest BCUT2D eigenvalue weighted by Gasteiger charge is 2.46. The fraction of sp³-hybridized carbons (Fsp3) is 0.593. The molecule has 2 saturated heterocycles. The minimum absolute atomic E-state index is 0.00610. The number of ether oxygens (including phenoxy) is 2. The maximum Gasteiger partial charge on any atom is 0.408 e. The van der Waals surface area contributed by atoms with Gasteiger partial charge in [-0.25, -0.2) is 18.6 Å². The normalized spacial score (nSPS) is 24.1. The number of carboxylic acid groups (broad SMARTS) is 1. The second kappa shape index (κ2) is 10.5. The zero-order chi connectivity index (χ0) is 28.1. The standard InChI is InChI=1S/C27H35F2N5O5/c1-27(2,3)34(26(36)37)21-12-17(15-39-23(21)18-11-16(28)5-6-19(18)29)33-13-20-22(14-33)31(4)24(30-20)25(35)32-7-9-38-10-8-32/h5-6,11,17,21,23H,7-10,12-15H2,1-4H3,(H,36,37)/t17-,21+,23-/m1/s1. The first-order chi connectivity index (χ1) is 18.5. The molecule has 5 rings (SSSR count). The molecule has 2 amide bonds. The van der Waals surface area contributed by atoms with Gasteiger partial charge in [-0.2, -0.15) is 0 Å². The number of hydrogen-bond acceptors (Lipinski definition) is 6. The molecule has 12 heteroatoms. The number of rotatable bonds is 4. The summed E-state index contributed by atoms with van der Waals surface area (Å²) in [4.78, 5) is 35.3. The van der Waals surface area contributed by atoms with Crippen LogP contribution in [-0.4, -0.2) is 91.9 Å². The van der Waals surface area contributed by atoms with Gasteiger partial charge in [0.25, 0.3) is 5.91 Å². The zero-order valence-electron chi connectivity index (χ0n) is 22.7. The van der Waals surface area contributed by atoms with Crippen LogP contribution in [0, 0.1) is 11.6 Å². The molecule has 3 aliphatic rings. The number of halogens is 2. The monoisotopic (exact) mass is 547 g/mol. The fourth-order valence-electron chi connectivity index (χ4n) is 5.96. The summed E-state index contributed by atoms with van der Waals surface area (Å²) in [5.41, 5.74) is 0.919. The molecule has 39 heavy (non-hydrogen) atoms. The Bertz CT molecular complexity index is 1260. The summed E-state index contributed by atoms with van der Waals surface area (Å²) < 4.78 is 42.3. The zero-order valence-corrected chi connectivity index (χ0v) is 22.7. The molecule has 1 aromatic heterocycles. The van der Waals surface area contributed by atoms with Crippen LogP contribution in [0.4, 0.5) is 13.6 Å². The van der Waals surface area contributed by atoms with E-state index < -0.39 is 35.4 Å². The molecule has 0 bridgehead atoms. The quantitative estimate of drug-likeness (QED) is 0.628. The molecule has 10 nitrogen and oxygen atoms in total. The smallest absolute Gasteiger partial charge is 0.408 e. The number of hydrogen-bond donors (Lipinski definition) is 1. The number of carbonyl (C=O) groups excluding carboxylic acids is 1. The fourth-order valence-corrected chi connectivity index (χ4v) is 5.96. The van der Waals surface area contributed by atoms with E-state index in [1.807, 2.05) is 11.6 Å². The van der Waals surface area contributed by atoms with Gasteiger partial charge in [0.2, 0.25) is 0 Å². The predicted octanol–water partition coefficient (Wildman–Crippen LogP) is 3.16. The van der Waals surface area contributed by atoms with Gasteiger partial charge in [0, 0.05) is 50.4 Å². The molecule has 0 saturated carbocycles. The van der Waals surface area contributed by atoms with E-state index in [4.69, 9.17) is 9.47 Å². The van der Waals surface area contributed by atoms with Crippen LogP contribution in [0.5, 0.6) is 0 Å². The average Bonchev–Trinajstić information content (AvgIpc) is 3.44. The van der Waals surface area contributed by atoms with E-state index >= 15 is 0 Å². The molecule has 4 heterocycles. The number of fused-ring (bicyclic) bond motifs is 1. The highest BCUT2D eigenvalue weighted by atomic mass is 19.1. The first-order valence-electron chi connectivity index (χ1n) is 13.2. The van der Waals surface area contributed by atoms with Gasteiger partial charge in [-0.3, -0.25) is 14.6 Å². The van der Waals surface area contributed by atoms with Crippen LogP contribution in [-0.2, 0) is 29.6 Å². The minimum Gasteiger partial charge on any atom is -0.465 e. The number of aromatic nitrogens is 2. The molecule has 1 aromatic carbocycles. The van der Waals surface area contributed by atoms with Crippen molar-refractivity contribution in [2.45, 2.75) is 64.0 Å². The van der Waals surface area contributed by atoms with Crippen LogP contribution in [0.2, 0.25) is 0 Å². The van der Waals surface area contributed by atoms with Crippen molar-refractivity contribution in [1.82, 2.24) is 24.3 Å². The number of imidazole rings is 1. The van der Waals surface area contributed by atoms with Gasteiger partial charge in [-0.1, -0.05) is 0 Å². The van der Waals surface area contributed by atoms with Crippen molar-refractivity contribution < 1.29 is 33.0 Å². The summed E-state index contributed by atoms with van der Waals surface area (Å²) in [6.07, 6.45) is -1.76. The summed E-state index contributed by atoms with van der Waals surface area (Å²) in [6, 6.07) is 2.20. The molecular formula is C27H35F2N5O5. The Hall–Kier alpha value is -3.09. The van der Waals surface area contributed by atoms with Crippen molar-refractivity contribution in [3.05, 3.63) is 52.6 Å². The first-order valence-corrected chi connectivity index (χ1v) is 13.2. The van der Waals surface area contributed by atoms with Crippen molar-refractivity contribution in [3.63, 3.8) is 0 Å². The van der Waals surface area contributed by atoms with E-state index in [-0.39, 0.29) is 24.1 Å². The Labute approximate surface area is 226 Å². The van der Waals surface area contributed by atoms with Gasteiger partial charge >= 0.3 is 6.09 Å². The van der Waals surface area contributed by atoms with Gasteiger partial charge in [0.1, 0.15) is 17.7 Å². The van der Waals surface area contributed by atoms with E-state index in [9.17, 15) is 23.5 Å². The molecule has 0 aliphatic carbocycles. The Kier molecular flexibility index (Phi) is 7.38. The largest absolute Gasteiger partial charge is 0.465 e. The second-order valence-corrected chi connectivity index (χ2v) is 11.4. The summed E-state index contributed by atoms with van der Waals surface area (Å²) >= 11 is 0.